The lowest BCUT2D eigenvalue weighted by atomic mass is 10.2. The molecule has 0 amide bonds. The Bertz CT molecular complexity index is 1120. The van der Waals surface area contributed by atoms with Crippen LogP contribution in [-0.2, 0) is 4.74 Å². The van der Waals surface area contributed by atoms with E-state index in [0.29, 0.717) is 11.1 Å². The van der Waals surface area contributed by atoms with Crippen molar-refractivity contribution in [3.8, 4) is 0 Å². The van der Waals surface area contributed by atoms with Crippen molar-refractivity contribution >= 4 is 40.2 Å². The first-order valence-corrected chi connectivity index (χ1v) is 7.05. The summed E-state index contributed by atoms with van der Waals surface area (Å²) in [6, 6.07) is 6.15. The minimum absolute atomic E-state index is 0.0246. The van der Waals surface area contributed by atoms with Crippen molar-refractivity contribution in [2.24, 2.45) is 0 Å². The molecule has 2 heterocycles. The van der Waals surface area contributed by atoms with Gasteiger partial charge in [-0.25, -0.2) is 13.6 Å². The number of fused-ring (bicyclic) bond motifs is 2. The number of nitrogens with zero attached hydrogens (tertiary/aromatic N) is 2. The molecule has 7 nitrogen and oxygen atoms in total. The number of ether oxygens (including phenoxy) is 1. The molecule has 0 saturated heterocycles. The van der Waals surface area contributed by atoms with E-state index in [2.05, 4.69) is 20.0 Å². The Morgan fingerprint density at radius 2 is 1.72 bits per heavy atom. The molecular formula is C16H9F2N3O4. The van der Waals surface area contributed by atoms with Crippen LogP contribution in [0.15, 0.2) is 39.2 Å². The number of hydrogen-bond acceptors (Lipinski definition) is 7. The Kier molecular flexibility index (Phi) is 3.34. The summed E-state index contributed by atoms with van der Waals surface area (Å²) in [5.41, 5.74) is 0.796. The normalized spacial score (nSPS) is 11.2. The topological polar surface area (TPSA) is 90.4 Å². The van der Waals surface area contributed by atoms with Crippen LogP contribution >= 0.6 is 0 Å². The smallest absolute Gasteiger partial charge is 0.340 e. The van der Waals surface area contributed by atoms with E-state index in [9.17, 15) is 13.6 Å². The SMILES string of the molecule is COC(=O)c1cc2nc(Nc3nc4cc(F)ccc4o3)oc2cc1F. The molecular weight excluding hydrogens is 336 g/mol. The van der Waals surface area contributed by atoms with Gasteiger partial charge in [-0.2, -0.15) is 9.97 Å². The number of rotatable bonds is 3. The van der Waals surface area contributed by atoms with Gasteiger partial charge in [-0.3, -0.25) is 5.32 Å². The van der Waals surface area contributed by atoms with Gasteiger partial charge in [0.2, 0.25) is 0 Å². The van der Waals surface area contributed by atoms with E-state index in [4.69, 9.17) is 8.83 Å². The summed E-state index contributed by atoms with van der Waals surface area (Å²) in [6.07, 6.45) is 0. The lowest BCUT2D eigenvalue weighted by molar-refractivity contribution is 0.0595. The van der Waals surface area contributed by atoms with E-state index in [-0.39, 0.29) is 28.7 Å². The minimum Gasteiger partial charge on any atom is -0.465 e. The van der Waals surface area contributed by atoms with Gasteiger partial charge >= 0.3 is 18.0 Å². The molecule has 0 spiro atoms. The quantitative estimate of drug-likeness (QED) is 0.565. The summed E-state index contributed by atoms with van der Waals surface area (Å²) < 4.78 is 42.3. The van der Waals surface area contributed by atoms with Crippen LogP contribution < -0.4 is 5.32 Å². The summed E-state index contributed by atoms with van der Waals surface area (Å²) in [5, 5.41) is 2.67. The van der Waals surface area contributed by atoms with Crippen LogP contribution in [0.2, 0.25) is 0 Å². The lowest BCUT2D eigenvalue weighted by Crippen LogP contribution is -2.04. The lowest BCUT2D eigenvalue weighted by Gasteiger charge is -1.99. The van der Waals surface area contributed by atoms with Gasteiger partial charge in [0.15, 0.2) is 11.2 Å². The highest BCUT2D eigenvalue weighted by molar-refractivity contribution is 5.93. The number of benzene rings is 2. The highest BCUT2D eigenvalue weighted by atomic mass is 19.1. The number of carbonyl (C=O) groups is 1. The minimum atomic E-state index is -0.821. The third-order valence-corrected chi connectivity index (χ3v) is 3.45. The van der Waals surface area contributed by atoms with Gasteiger partial charge in [0.05, 0.1) is 12.7 Å². The second kappa shape index (κ2) is 5.55. The van der Waals surface area contributed by atoms with Crippen LogP contribution in [0.25, 0.3) is 22.2 Å². The number of esters is 1. The fraction of sp³-hybridized carbons (Fsp3) is 0.0625. The molecule has 0 aliphatic heterocycles. The fourth-order valence-corrected chi connectivity index (χ4v) is 2.31. The molecule has 2 aromatic heterocycles. The number of oxazole rings is 2. The average molecular weight is 345 g/mol. The molecule has 0 unspecified atom stereocenters. The summed E-state index contributed by atoms with van der Waals surface area (Å²) in [6.45, 7) is 0. The first-order valence-electron chi connectivity index (χ1n) is 7.05. The van der Waals surface area contributed by atoms with Gasteiger partial charge < -0.3 is 13.6 Å². The number of carbonyl (C=O) groups excluding carboxylic acids is 1. The molecule has 0 aliphatic carbocycles. The maximum atomic E-state index is 13.9. The summed E-state index contributed by atoms with van der Waals surface area (Å²) >= 11 is 0. The van der Waals surface area contributed by atoms with E-state index in [1.54, 1.807) is 0 Å². The van der Waals surface area contributed by atoms with Crippen molar-refractivity contribution in [1.29, 1.82) is 0 Å². The van der Waals surface area contributed by atoms with Gasteiger partial charge in [0.25, 0.3) is 0 Å². The van der Waals surface area contributed by atoms with Crippen molar-refractivity contribution in [2.45, 2.75) is 0 Å². The second-order valence-electron chi connectivity index (χ2n) is 5.07. The van der Waals surface area contributed by atoms with Crippen LogP contribution in [0.5, 0.6) is 0 Å². The largest absolute Gasteiger partial charge is 0.465 e. The molecule has 2 aromatic carbocycles. The molecule has 126 valence electrons. The zero-order chi connectivity index (χ0) is 17.6. The van der Waals surface area contributed by atoms with Crippen molar-refractivity contribution in [3.05, 3.63) is 47.5 Å². The molecule has 0 bridgehead atoms. The predicted molar refractivity (Wildman–Crippen MR) is 82.6 cm³/mol. The van der Waals surface area contributed by atoms with E-state index in [1.807, 2.05) is 0 Å². The molecule has 0 saturated carbocycles. The molecule has 0 radical (unpaired) electrons. The summed E-state index contributed by atoms with van der Waals surface area (Å²) in [5.74, 6) is -2.06. The van der Waals surface area contributed by atoms with Gasteiger partial charge in [-0.1, -0.05) is 0 Å². The average Bonchev–Trinajstić information content (AvgIpc) is 3.15. The number of methoxy groups -OCH3 is 1. The molecule has 0 atom stereocenters. The van der Waals surface area contributed by atoms with Crippen molar-refractivity contribution < 1.29 is 27.1 Å². The van der Waals surface area contributed by atoms with E-state index < -0.39 is 17.6 Å². The van der Waals surface area contributed by atoms with Crippen molar-refractivity contribution in [2.75, 3.05) is 12.4 Å². The van der Waals surface area contributed by atoms with E-state index in [1.165, 1.54) is 24.3 Å². The number of aromatic nitrogens is 2. The number of halogens is 2. The van der Waals surface area contributed by atoms with Crippen LogP contribution in [0.1, 0.15) is 10.4 Å². The van der Waals surface area contributed by atoms with Crippen LogP contribution in [0.3, 0.4) is 0 Å². The van der Waals surface area contributed by atoms with Gasteiger partial charge in [0, 0.05) is 12.1 Å². The van der Waals surface area contributed by atoms with Crippen molar-refractivity contribution in [1.82, 2.24) is 9.97 Å². The van der Waals surface area contributed by atoms with Crippen LogP contribution in [-0.4, -0.2) is 23.0 Å². The predicted octanol–water partition coefficient (Wildman–Crippen LogP) is 3.78. The zero-order valence-electron chi connectivity index (χ0n) is 12.7. The Morgan fingerprint density at radius 3 is 2.44 bits per heavy atom. The molecule has 4 aromatic rings. The molecule has 9 heteroatoms. The molecule has 0 aliphatic rings. The maximum Gasteiger partial charge on any atom is 0.340 e. The second-order valence-corrected chi connectivity index (χ2v) is 5.07. The highest BCUT2D eigenvalue weighted by Crippen LogP contribution is 2.26. The van der Waals surface area contributed by atoms with Gasteiger partial charge in [-0.15, -0.1) is 0 Å². The monoisotopic (exact) mass is 345 g/mol. The van der Waals surface area contributed by atoms with Crippen LogP contribution in [0.4, 0.5) is 20.8 Å². The Morgan fingerprint density at radius 1 is 1.04 bits per heavy atom. The third-order valence-electron chi connectivity index (χ3n) is 3.45. The number of anilines is 2. The highest BCUT2D eigenvalue weighted by Gasteiger charge is 2.17. The Labute approximate surface area is 138 Å². The van der Waals surface area contributed by atoms with Crippen molar-refractivity contribution in [3.63, 3.8) is 0 Å². The fourth-order valence-electron chi connectivity index (χ4n) is 2.31. The Balaban J connectivity index is 1.70. The zero-order valence-corrected chi connectivity index (χ0v) is 12.7. The standard InChI is InChI=1S/C16H9F2N3O4/c1-23-14(22)8-5-11-13(6-9(8)18)25-16(20-11)21-15-19-10-4-7(17)2-3-12(10)24-15/h2-6H,1H3,(H,19,20,21). The first kappa shape index (κ1) is 15.1. The van der Waals surface area contributed by atoms with E-state index in [0.717, 1.165) is 13.2 Å². The number of hydrogen-bond donors (Lipinski definition) is 1. The number of nitrogens with one attached hydrogen (secondary N) is 1. The summed E-state index contributed by atoms with van der Waals surface area (Å²) in [7, 11) is 1.15. The molecule has 4 rings (SSSR count). The van der Waals surface area contributed by atoms with Gasteiger partial charge in [-0.05, 0) is 18.2 Å². The molecule has 25 heavy (non-hydrogen) atoms. The third kappa shape index (κ3) is 2.65. The first-order chi connectivity index (χ1) is 12.0. The maximum absolute atomic E-state index is 13.9. The molecule has 0 fully saturated rings. The Hall–Kier alpha value is -3.49. The van der Waals surface area contributed by atoms with E-state index >= 15 is 0 Å². The summed E-state index contributed by atoms with van der Waals surface area (Å²) in [4.78, 5) is 19.6. The molecule has 1 N–H and O–H groups in total. The van der Waals surface area contributed by atoms with Crippen LogP contribution in [0, 0.1) is 11.6 Å². The van der Waals surface area contributed by atoms with Gasteiger partial charge in [0.1, 0.15) is 22.7 Å².